The molecule has 0 atom stereocenters. The standard InChI is InChI=1S/C18H19FN4O5S/c19-14-4-3-5-15(12-14)20-18(24)13-21-8-10-22(11-9-21)29(27,28)17-7-2-1-6-16(17)23(25)26/h1-7,12H,8-11,13H2,(H,20,24)/p+1. The van der Waals surface area contributed by atoms with Gasteiger partial charge in [-0.05, 0) is 24.3 Å². The Kier molecular flexibility index (Phi) is 6.20. The summed E-state index contributed by atoms with van der Waals surface area (Å²) in [6.07, 6.45) is 0. The van der Waals surface area contributed by atoms with Crippen molar-refractivity contribution in [1.29, 1.82) is 0 Å². The van der Waals surface area contributed by atoms with Gasteiger partial charge in [-0.15, -0.1) is 0 Å². The minimum atomic E-state index is -4.01. The molecule has 9 nitrogen and oxygen atoms in total. The number of anilines is 1. The van der Waals surface area contributed by atoms with Gasteiger partial charge in [-0.1, -0.05) is 18.2 Å². The van der Waals surface area contributed by atoms with Gasteiger partial charge >= 0.3 is 0 Å². The van der Waals surface area contributed by atoms with Crippen molar-refractivity contribution in [3.05, 3.63) is 64.5 Å². The van der Waals surface area contributed by atoms with Crippen molar-refractivity contribution in [1.82, 2.24) is 4.31 Å². The molecule has 0 aromatic heterocycles. The monoisotopic (exact) mass is 423 g/mol. The molecule has 1 aliphatic rings. The fourth-order valence-corrected chi connectivity index (χ4v) is 4.78. The number of para-hydroxylation sites is 1. The largest absolute Gasteiger partial charge is 0.325 e. The van der Waals surface area contributed by atoms with Crippen LogP contribution in [0.3, 0.4) is 0 Å². The summed E-state index contributed by atoms with van der Waals surface area (Å²) in [5, 5.41) is 13.8. The molecule has 154 valence electrons. The number of sulfonamides is 1. The number of quaternary nitrogens is 1. The maximum absolute atomic E-state index is 13.2. The maximum Gasteiger partial charge on any atom is 0.289 e. The molecule has 3 rings (SSSR count). The zero-order chi connectivity index (χ0) is 21.0. The Hall–Kier alpha value is -2.89. The Morgan fingerprint density at radius 2 is 1.86 bits per heavy atom. The fraction of sp³-hybridized carbons (Fsp3) is 0.278. The highest BCUT2D eigenvalue weighted by Crippen LogP contribution is 2.26. The lowest BCUT2D eigenvalue weighted by atomic mass is 10.3. The normalized spacial score (nSPS) is 15.8. The number of hydrogen-bond acceptors (Lipinski definition) is 5. The molecule has 29 heavy (non-hydrogen) atoms. The van der Waals surface area contributed by atoms with Crippen LogP contribution in [0.5, 0.6) is 0 Å². The van der Waals surface area contributed by atoms with Gasteiger partial charge < -0.3 is 10.2 Å². The van der Waals surface area contributed by atoms with Crippen LogP contribution in [-0.2, 0) is 14.8 Å². The van der Waals surface area contributed by atoms with Gasteiger partial charge in [0, 0.05) is 11.8 Å². The summed E-state index contributed by atoms with van der Waals surface area (Å²) >= 11 is 0. The van der Waals surface area contributed by atoms with Crippen LogP contribution in [0.15, 0.2) is 53.4 Å². The molecule has 1 saturated heterocycles. The molecule has 1 fully saturated rings. The molecule has 2 N–H and O–H groups in total. The highest BCUT2D eigenvalue weighted by Gasteiger charge is 2.35. The minimum absolute atomic E-state index is 0.107. The summed E-state index contributed by atoms with van der Waals surface area (Å²) in [7, 11) is -4.01. The van der Waals surface area contributed by atoms with Gasteiger partial charge in [0.05, 0.1) is 31.1 Å². The molecular formula is C18H20FN4O5S+. The van der Waals surface area contributed by atoms with Gasteiger partial charge in [0.2, 0.25) is 10.0 Å². The number of halogens is 1. The summed E-state index contributed by atoms with van der Waals surface area (Å²) in [6, 6.07) is 10.8. The van der Waals surface area contributed by atoms with E-state index in [0.717, 1.165) is 11.0 Å². The smallest absolute Gasteiger partial charge is 0.289 e. The topological polar surface area (TPSA) is 114 Å². The molecule has 0 saturated carbocycles. The summed E-state index contributed by atoms with van der Waals surface area (Å²) in [4.78, 5) is 23.1. The van der Waals surface area contributed by atoms with Crippen LogP contribution in [0.25, 0.3) is 0 Å². The number of nitrogens with zero attached hydrogens (tertiary/aromatic N) is 2. The van der Waals surface area contributed by atoms with Crippen LogP contribution in [-0.4, -0.2) is 56.3 Å². The van der Waals surface area contributed by atoms with E-state index in [2.05, 4.69) is 5.32 Å². The average molecular weight is 423 g/mol. The van der Waals surface area contributed by atoms with Crippen molar-refractivity contribution < 1.29 is 27.4 Å². The number of carbonyl (C=O) groups excluding carboxylic acids is 1. The van der Waals surface area contributed by atoms with Crippen LogP contribution in [0, 0.1) is 15.9 Å². The van der Waals surface area contributed by atoms with E-state index in [0.29, 0.717) is 18.8 Å². The van der Waals surface area contributed by atoms with E-state index in [-0.39, 0.29) is 30.4 Å². The highest BCUT2D eigenvalue weighted by atomic mass is 32.2. The lowest BCUT2D eigenvalue weighted by Crippen LogP contribution is -3.15. The molecule has 11 heteroatoms. The lowest BCUT2D eigenvalue weighted by Gasteiger charge is -2.31. The second kappa shape index (κ2) is 8.64. The molecule has 0 unspecified atom stereocenters. The van der Waals surface area contributed by atoms with Crippen molar-refractivity contribution >= 4 is 27.3 Å². The Bertz CT molecular complexity index is 1020. The second-order valence-electron chi connectivity index (χ2n) is 6.61. The molecule has 1 heterocycles. The Labute approximate surface area is 166 Å². The van der Waals surface area contributed by atoms with Crippen LogP contribution in [0.1, 0.15) is 0 Å². The Morgan fingerprint density at radius 3 is 2.52 bits per heavy atom. The summed E-state index contributed by atoms with van der Waals surface area (Å²) < 4.78 is 40.0. The molecule has 1 aliphatic heterocycles. The molecular weight excluding hydrogens is 403 g/mol. The quantitative estimate of drug-likeness (QED) is 0.511. The number of benzene rings is 2. The molecule has 0 radical (unpaired) electrons. The van der Waals surface area contributed by atoms with Crippen LogP contribution in [0.2, 0.25) is 0 Å². The van der Waals surface area contributed by atoms with E-state index in [1.165, 1.54) is 40.7 Å². The van der Waals surface area contributed by atoms with Gasteiger partial charge in [0.15, 0.2) is 11.4 Å². The first-order valence-corrected chi connectivity index (χ1v) is 10.3. The predicted octanol–water partition coefficient (Wildman–Crippen LogP) is 0.262. The highest BCUT2D eigenvalue weighted by molar-refractivity contribution is 7.89. The summed E-state index contributed by atoms with van der Waals surface area (Å²) in [5.41, 5.74) is -0.108. The number of nitro groups is 1. The summed E-state index contributed by atoms with van der Waals surface area (Å²) in [6.45, 7) is 1.12. The molecule has 0 bridgehead atoms. The van der Waals surface area contributed by atoms with Gasteiger partial charge in [0.25, 0.3) is 11.6 Å². The van der Waals surface area contributed by atoms with Crippen molar-refractivity contribution in [2.75, 3.05) is 38.0 Å². The third-order valence-corrected chi connectivity index (χ3v) is 6.57. The number of rotatable bonds is 6. The number of hydrogen-bond donors (Lipinski definition) is 2. The van der Waals surface area contributed by atoms with E-state index >= 15 is 0 Å². The van der Waals surface area contributed by atoms with Gasteiger partial charge in [0.1, 0.15) is 5.82 Å². The predicted molar refractivity (Wildman–Crippen MR) is 102 cm³/mol. The Morgan fingerprint density at radius 1 is 1.17 bits per heavy atom. The van der Waals surface area contributed by atoms with Crippen molar-refractivity contribution in [2.24, 2.45) is 0 Å². The molecule has 0 spiro atoms. The number of amides is 1. The van der Waals surface area contributed by atoms with E-state index in [9.17, 15) is 27.7 Å². The van der Waals surface area contributed by atoms with E-state index in [1.54, 1.807) is 6.07 Å². The first-order valence-electron chi connectivity index (χ1n) is 8.90. The lowest BCUT2D eigenvalue weighted by molar-refractivity contribution is -0.895. The molecule has 1 amide bonds. The van der Waals surface area contributed by atoms with Gasteiger partial charge in [-0.25, -0.2) is 12.8 Å². The first-order chi connectivity index (χ1) is 13.8. The van der Waals surface area contributed by atoms with Crippen LogP contribution >= 0.6 is 0 Å². The van der Waals surface area contributed by atoms with E-state index < -0.39 is 26.5 Å². The number of nitro benzene ring substituents is 1. The van der Waals surface area contributed by atoms with Crippen molar-refractivity contribution in [2.45, 2.75) is 4.90 Å². The third kappa shape index (κ3) is 4.94. The van der Waals surface area contributed by atoms with Crippen molar-refractivity contribution in [3.63, 3.8) is 0 Å². The Balaban J connectivity index is 1.60. The van der Waals surface area contributed by atoms with Crippen LogP contribution in [0.4, 0.5) is 15.8 Å². The van der Waals surface area contributed by atoms with E-state index in [1.807, 2.05) is 0 Å². The second-order valence-corrected chi connectivity index (χ2v) is 8.52. The first kappa shape index (κ1) is 20.8. The van der Waals surface area contributed by atoms with Crippen molar-refractivity contribution in [3.8, 4) is 0 Å². The van der Waals surface area contributed by atoms with E-state index in [4.69, 9.17) is 0 Å². The van der Waals surface area contributed by atoms with Crippen LogP contribution < -0.4 is 10.2 Å². The molecule has 2 aromatic carbocycles. The fourth-order valence-electron chi connectivity index (χ4n) is 3.18. The zero-order valence-corrected chi connectivity index (χ0v) is 16.2. The molecule has 0 aliphatic carbocycles. The average Bonchev–Trinajstić information content (AvgIpc) is 2.68. The van der Waals surface area contributed by atoms with Gasteiger partial charge in [-0.2, -0.15) is 4.31 Å². The minimum Gasteiger partial charge on any atom is -0.325 e. The maximum atomic E-state index is 13.2. The molecule has 2 aromatic rings. The SMILES string of the molecule is O=C(C[NH+]1CCN(S(=O)(=O)c2ccccc2[N+](=O)[O-])CC1)Nc1cccc(F)c1. The third-order valence-electron chi connectivity index (χ3n) is 4.63. The van der Waals surface area contributed by atoms with Gasteiger partial charge in [-0.3, -0.25) is 14.9 Å². The number of nitrogens with one attached hydrogen (secondary N) is 2. The summed E-state index contributed by atoms with van der Waals surface area (Å²) in [5.74, 6) is -0.760. The number of carbonyl (C=O) groups is 1. The number of piperazine rings is 1. The zero-order valence-electron chi connectivity index (χ0n) is 15.4.